The maximum absolute atomic E-state index is 14.0. The molecule has 0 heterocycles. The molecule has 1 nitrogen and oxygen atoms in total. The quantitative estimate of drug-likeness (QED) is 0.810. The molecule has 0 aromatic heterocycles. The Bertz CT molecular complexity index is 628. The molecular formula is C16H15F4N. The van der Waals surface area contributed by atoms with E-state index in [9.17, 15) is 17.6 Å². The zero-order valence-corrected chi connectivity index (χ0v) is 11.5. The van der Waals surface area contributed by atoms with Gasteiger partial charge in [0.15, 0.2) is 23.3 Å². The molecule has 1 N–H and O–H groups in total. The summed E-state index contributed by atoms with van der Waals surface area (Å²) in [5.74, 6) is -3.96. The molecule has 0 radical (unpaired) electrons. The molecule has 0 spiro atoms. The van der Waals surface area contributed by atoms with Gasteiger partial charge in [0.2, 0.25) is 0 Å². The molecule has 0 aliphatic carbocycles. The molecule has 2 aromatic carbocycles. The van der Waals surface area contributed by atoms with E-state index in [1.165, 1.54) is 18.2 Å². The highest BCUT2D eigenvalue weighted by atomic mass is 19.2. The highest BCUT2D eigenvalue weighted by molar-refractivity contribution is 5.33. The highest BCUT2D eigenvalue weighted by Crippen LogP contribution is 2.27. The van der Waals surface area contributed by atoms with Gasteiger partial charge in [-0.15, -0.1) is 0 Å². The van der Waals surface area contributed by atoms with Gasteiger partial charge in [-0.25, -0.2) is 17.6 Å². The molecule has 0 saturated heterocycles. The summed E-state index contributed by atoms with van der Waals surface area (Å²) in [7, 11) is 0. The average molecular weight is 297 g/mol. The van der Waals surface area contributed by atoms with Gasteiger partial charge in [-0.05, 0) is 36.7 Å². The number of benzene rings is 2. The summed E-state index contributed by atoms with van der Waals surface area (Å²) in [6.07, 6.45) is 0.761. The molecule has 1 unspecified atom stereocenters. The van der Waals surface area contributed by atoms with Crippen LogP contribution in [0.1, 0.15) is 30.5 Å². The van der Waals surface area contributed by atoms with Gasteiger partial charge in [0.25, 0.3) is 0 Å². The van der Waals surface area contributed by atoms with Crippen LogP contribution >= 0.6 is 0 Å². The summed E-state index contributed by atoms with van der Waals surface area (Å²) in [6.45, 7) is 2.44. The first-order valence-corrected chi connectivity index (χ1v) is 6.66. The molecule has 21 heavy (non-hydrogen) atoms. The molecule has 2 aromatic rings. The highest BCUT2D eigenvalue weighted by Gasteiger charge is 2.20. The lowest BCUT2D eigenvalue weighted by Crippen LogP contribution is -2.24. The number of nitrogens with one attached hydrogen (secondary N) is 1. The van der Waals surface area contributed by atoms with Gasteiger partial charge in [0.1, 0.15) is 0 Å². The van der Waals surface area contributed by atoms with Crippen molar-refractivity contribution >= 4 is 0 Å². The van der Waals surface area contributed by atoms with Crippen molar-refractivity contribution in [2.75, 3.05) is 6.54 Å². The van der Waals surface area contributed by atoms with Gasteiger partial charge in [0.05, 0.1) is 6.04 Å². The van der Waals surface area contributed by atoms with Gasteiger partial charge >= 0.3 is 0 Å². The Morgan fingerprint density at radius 3 is 2.38 bits per heavy atom. The summed E-state index contributed by atoms with van der Waals surface area (Å²) in [4.78, 5) is 0. The molecule has 0 bridgehead atoms. The second kappa shape index (κ2) is 6.72. The second-order valence-electron chi connectivity index (χ2n) is 4.70. The van der Waals surface area contributed by atoms with Crippen molar-refractivity contribution in [1.82, 2.24) is 5.32 Å². The smallest absolute Gasteiger partial charge is 0.163 e. The SMILES string of the molecule is CCCNC(c1ccc(F)c(F)c1)c1cccc(F)c1F. The molecule has 0 saturated carbocycles. The third kappa shape index (κ3) is 3.42. The first-order chi connectivity index (χ1) is 10.0. The minimum Gasteiger partial charge on any atom is -0.306 e. The van der Waals surface area contributed by atoms with Crippen LogP contribution < -0.4 is 5.32 Å². The maximum Gasteiger partial charge on any atom is 0.163 e. The number of rotatable bonds is 5. The van der Waals surface area contributed by atoms with Crippen LogP contribution in [0.15, 0.2) is 36.4 Å². The van der Waals surface area contributed by atoms with Crippen LogP contribution in [-0.4, -0.2) is 6.54 Å². The normalized spacial score (nSPS) is 12.4. The predicted octanol–water partition coefficient (Wildman–Crippen LogP) is 4.33. The zero-order valence-electron chi connectivity index (χ0n) is 11.5. The minimum atomic E-state index is -1.02. The minimum absolute atomic E-state index is 0.0643. The Hall–Kier alpha value is -1.88. The van der Waals surface area contributed by atoms with E-state index in [0.717, 1.165) is 24.6 Å². The Balaban J connectivity index is 2.47. The fourth-order valence-electron chi connectivity index (χ4n) is 2.13. The van der Waals surface area contributed by atoms with E-state index in [1.54, 1.807) is 0 Å². The Kier molecular flexibility index (Phi) is 4.96. The zero-order chi connectivity index (χ0) is 15.4. The van der Waals surface area contributed by atoms with Crippen LogP contribution in [0.25, 0.3) is 0 Å². The summed E-state index contributed by atoms with van der Waals surface area (Å²) in [5.41, 5.74) is 0.404. The van der Waals surface area contributed by atoms with Crippen molar-refractivity contribution in [3.63, 3.8) is 0 Å². The molecule has 0 fully saturated rings. The average Bonchev–Trinajstić information content (AvgIpc) is 2.47. The lowest BCUT2D eigenvalue weighted by Gasteiger charge is -2.20. The molecule has 0 aliphatic rings. The molecule has 2 rings (SSSR count). The monoisotopic (exact) mass is 297 g/mol. The second-order valence-corrected chi connectivity index (χ2v) is 4.70. The van der Waals surface area contributed by atoms with Crippen molar-refractivity contribution < 1.29 is 17.6 Å². The van der Waals surface area contributed by atoms with Crippen LogP contribution in [0, 0.1) is 23.3 Å². The van der Waals surface area contributed by atoms with Crippen molar-refractivity contribution in [2.45, 2.75) is 19.4 Å². The molecule has 5 heteroatoms. The van der Waals surface area contributed by atoms with E-state index in [1.807, 2.05) is 6.92 Å². The molecule has 112 valence electrons. The first kappa shape index (κ1) is 15.5. The van der Waals surface area contributed by atoms with Crippen molar-refractivity contribution in [3.05, 3.63) is 70.8 Å². The van der Waals surface area contributed by atoms with Gasteiger partial charge in [-0.1, -0.05) is 25.1 Å². The third-order valence-electron chi connectivity index (χ3n) is 3.17. The third-order valence-corrected chi connectivity index (χ3v) is 3.17. The van der Waals surface area contributed by atoms with E-state index in [4.69, 9.17) is 0 Å². The largest absolute Gasteiger partial charge is 0.306 e. The van der Waals surface area contributed by atoms with Gasteiger partial charge in [0, 0.05) is 5.56 Å². The van der Waals surface area contributed by atoms with E-state index in [2.05, 4.69) is 5.32 Å². The summed E-state index contributed by atoms with van der Waals surface area (Å²) in [5, 5.41) is 3.02. The lowest BCUT2D eigenvalue weighted by molar-refractivity contribution is 0.476. The molecule has 1 atom stereocenters. The Morgan fingerprint density at radius 1 is 0.952 bits per heavy atom. The van der Waals surface area contributed by atoms with E-state index >= 15 is 0 Å². The molecule has 0 amide bonds. The fraction of sp³-hybridized carbons (Fsp3) is 0.250. The molecule has 0 aliphatic heterocycles. The van der Waals surface area contributed by atoms with Crippen molar-refractivity contribution in [2.24, 2.45) is 0 Å². The van der Waals surface area contributed by atoms with Gasteiger partial charge in [-0.3, -0.25) is 0 Å². The van der Waals surface area contributed by atoms with Gasteiger partial charge in [-0.2, -0.15) is 0 Å². The summed E-state index contributed by atoms with van der Waals surface area (Å²) >= 11 is 0. The van der Waals surface area contributed by atoms with E-state index in [-0.39, 0.29) is 5.56 Å². The van der Waals surface area contributed by atoms with Crippen LogP contribution in [0.2, 0.25) is 0 Å². The summed E-state index contributed by atoms with van der Waals surface area (Å²) in [6, 6.07) is 6.41. The lowest BCUT2D eigenvalue weighted by atomic mass is 9.97. The standard InChI is InChI=1S/C16H15F4N/c1-2-8-21-16(10-6-7-12(17)14(19)9-10)11-4-3-5-13(18)15(11)20/h3-7,9,16,21H,2,8H2,1H3. The van der Waals surface area contributed by atoms with Gasteiger partial charge < -0.3 is 5.32 Å². The Labute approximate surface area is 120 Å². The van der Waals surface area contributed by atoms with Crippen LogP contribution in [0.3, 0.4) is 0 Å². The van der Waals surface area contributed by atoms with Crippen LogP contribution in [0.5, 0.6) is 0 Å². The number of hydrogen-bond acceptors (Lipinski definition) is 1. The van der Waals surface area contributed by atoms with Crippen LogP contribution in [0.4, 0.5) is 17.6 Å². The molecular weight excluding hydrogens is 282 g/mol. The number of hydrogen-bond donors (Lipinski definition) is 1. The first-order valence-electron chi connectivity index (χ1n) is 6.66. The van der Waals surface area contributed by atoms with Crippen molar-refractivity contribution in [1.29, 1.82) is 0 Å². The van der Waals surface area contributed by atoms with E-state index < -0.39 is 29.3 Å². The van der Waals surface area contributed by atoms with E-state index in [0.29, 0.717) is 12.1 Å². The number of halogens is 4. The fourth-order valence-corrected chi connectivity index (χ4v) is 2.13. The maximum atomic E-state index is 14.0. The Morgan fingerprint density at radius 2 is 1.71 bits per heavy atom. The predicted molar refractivity (Wildman–Crippen MR) is 72.9 cm³/mol. The van der Waals surface area contributed by atoms with Crippen molar-refractivity contribution in [3.8, 4) is 0 Å². The van der Waals surface area contributed by atoms with Crippen LogP contribution in [-0.2, 0) is 0 Å². The summed E-state index contributed by atoms with van der Waals surface area (Å²) < 4.78 is 53.8. The topological polar surface area (TPSA) is 12.0 Å².